The average molecular weight is 277 g/mol. The quantitative estimate of drug-likeness (QED) is 0.903. The van der Waals surface area contributed by atoms with Crippen LogP contribution >= 0.6 is 0 Å². The van der Waals surface area contributed by atoms with Crippen LogP contribution in [0.4, 0.5) is 4.79 Å². The molecule has 110 valence electrons. The van der Waals surface area contributed by atoms with E-state index in [9.17, 15) is 9.90 Å². The van der Waals surface area contributed by atoms with Crippen LogP contribution < -0.4 is 0 Å². The minimum absolute atomic E-state index is 0.202. The number of amides is 1. The van der Waals surface area contributed by atoms with Gasteiger partial charge in [0.2, 0.25) is 0 Å². The molecule has 2 rings (SSSR count). The Morgan fingerprint density at radius 2 is 2.00 bits per heavy atom. The van der Waals surface area contributed by atoms with Crippen molar-refractivity contribution in [2.45, 2.75) is 51.4 Å². The zero-order valence-corrected chi connectivity index (χ0v) is 12.4. The summed E-state index contributed by atoms with van der Waals surface area (Å²) in [6.45, 7) is 6.19. The third kappa shape index (κ3) is 3.51. The molecule has 0 radical (unpaired) electrons. The number of rotatable bonds is 2. The first-order valence-electron chi connectivity index (χ1n) is 7.11. The molecule has 0 bridgehead atoms. The van der Waals surface area contributed by atoms with E-state index < -0.39 is 11.7 Å². The predicted octanol–water partition coefficient (Wildman–Crippen LogP) is 3.12. The van der Waals surface area contributed by atoms with E-state index in [1.807, 2.05) is 51.1 Å². The van der Waals surface area contributed by atoms with Gasteiger partial charge in [0.05, 0.1) is 12.1 Å². The molecule has 1 aliphatic heterocycles. The summed E-state index contributed by atoms with van der Waals surface area (Å²) < 4.78 is 5.41. The van der Waals surface area contributed by atoms with E-state index in [0.29, 0.717) is 6.54 Å². The summed E-state index contributed by atoms with van der Waals surface area (Å²) in [6.07, 6.45) is 0.699. The molecular formula is C16H23NO3. The number of ether oxygens (including phenoxy) is 1. The Bertz CT molecular complexity index is 453. The van der Waals surface area contributed by atoms with E-state index in [0.717, 1.165) is 18.4 Å². The Balaban J connectivity index is 2.09. The van der Waals surface area contributed by atoms with Crippen molar-refractivity contribution in [3.8, 4) is 0 Å². The molecule has 4 heteroatoms. The van der Waals surface area contributed by atoms with Crippen LogP contribution in [0.3, 0.4) is 0 Å². The molecule has 20 heavy (non-hydrogen) atoms. The monoisotopic (exact) mass is 277 g/mol. The van der Waals surface area contributed by atoms with Crippen molar-refractivity contribution in [3.05, 3.63) is 35.9 Å². The largest absolute Gasteiger partial charge is 0.444 e. The van der Waals surface area contributed by atoms with Crippen molar-refractivity contribution < 1.29 is 14.6 Å². The molecule has 1 N–H and O–H groups in total. The molecule has 2 atom stereocenters. The molecule has 1 aromatic rings. The normalized spacial score (nSPS) is 20.8. The van der Waals surface area contributed by atoms with Crippen LogP contribution in [-0.2, 0) is 4.74 Å². The topological polar surface area (TPSA) is 49.8 Å². The molecule has 1 amide bonds. The van der Waals surface area contributed by atoms with Crippen LogP contribution in [-0.4, -0.2) is 34.3 Å². The third-order valence-electron chi connectivity index (χ3n) is 3.43. The molecule has 0 aromatic heterocycles. The molecule has 0 saturated carbocycles. The Hall–Kier alpha value is -1.55. The number of nitrogens with zero attached hydrogens (tertiary/aromatic N) is 1. The van der Waals surface area contributed by atoms with E-state index in [1.165, 1.54) is 0 Å². The van der Waals surface area contributed by atoms with Crippen LogP contribution in [0.25, 0.3) is 0 Å². The van der Waals surface area contributed by atoms with Crippen molar-refractivity contribution in [2.24, 2.45) is 0 Å². The molecule has 4 nitrogen and oxygen atoms in total. The smallest absolute Gasteiger partial charge is 0.410 e. The van der Waals surface area contributed by atoms with E-state index in [4.69, 9.17) is 4.74 Å². The first kappa shape index (κ1) is 14.9. The number of benzene rings is 1. The zero-order chi connectivity index (χ0) is 14.8. The fraction of sp³-hybridized carbons (Fsp3) is 0.562. The summed E-state index contributed by atoms with van der Waals surface area (Å²) >= 11 is 0. The highest BCUT2D eigenvalue weighted by Gasteiger charge is 2.36. The van der Waals surface area contributed by atoms with E-state index in [1.54, 1.807) is 4.90 Å². The van der Waals surface area contributed by atoms with Crippen LogP contribution in [0, 0.1) is 0 Å². The van der Waals surface area contributed by atoms with Gasteiger partial charge in [-0.25, -0.2) is 4.79 Å². The van der Waals surface area contributed by atoms with E-state index in [-0.39, 0.29) is 12.1 Å². The van der Waals surface area contributed by atoms with Gasteiger partial charge in [0.15, 0.2) is 0 Å². The summed E-state index contributed by atoms with van der Waals surface area (Å²) in [4.78, 5) is 13.9. The average Bonchev–Trinajstić information content (AvgIpc) is 2.86. The molecule has 1 unspecified atom stereocenters. The van der Waals surface area contributed by atoms with Crippen molar-refractivity contribution in [1.29, 1.82) is 0 Å². The van der Waals surface area contributed by atoms with Gasteiger partial charge in [-0.3, -0.25) is 0 Å². The SMILES string of the molecule is CC(C)(C)OC(=O)N1CCC[C@H]1C(O)c1ccccc1. The number of carbonyl (C=O) groups excluding carboxylic acids is 1. The van der Waals surface area contributed by atoms with Crippen molar-refractivity contribution >= 4 is 6.09 Å². The van der Waals surface area contributed by atoms with Crippen molar-refractivity contribution in [3.63, 3.8) is 0 Å². The standard InChI is InChI=1S/C16H23NO3/c1-16(2,3)20-15(19)17-11-7-10-13(17)14(18)12-8-5-4-6-9-12/h4-6,8-9,13-14,18H,7,10-11H2,1-3H3/t13-,14?/m0/s1. The minimum atomic E-state index is -0.661. The summed E-state index contributed by atoms with van der Waals surface area (Å²) in [5.74, 6) is 0. The van der Waals surface area contributed by atoms with E-state index in [2.05, 4.69) is 0 Å². The van der Waals surface area contributed by atoms with Crippen LogP contribution in [0.15, 0.2) is 30.3 Å². The Morgan fingerprint density at radius 3 is 2.60 bits per heavy atom. The molecule has 1 aromatic carbocycles. The summed E-state index contributed by atoms with van der Waals surface area (Å²) in [5.41, 5.74) is 0.329. The zero-order valence-electron chi connectivity index (χ0n) is 12.4. The van der Waals surface area contributed by atoms with Gasteiger partial charge in [0.25, 0.3) is 0 Å². The second-order valence-corrected chi connectivity index (χ2v) is 6.24. The van der Waals surface area contributed by atoms with Gasteiger partial charge in [-0.05, 0) is 39.2 Å². The lowest BCUT2D eigenvalue weighted by Crippen LogP contribution is -2.42. The molecular weight excluding hydrogens is 254 g/mol. The van der Waals surface area contributed by atoms with Crippen LogP contribution in [0.2, 0.25) is 0 Å². The van der Waals surface area contributed by atoms with Gasteiger partial charge < -0.3 is 14.7 Å². The van der Waals surface area contributed by atoms with E-state index >= 15 is 0 Å². The first-order chi connectivity index (χ1) is 9.38. The number of likely N-dealkylation sites (tertiary alicyclic amines) is 1. The van der Waals surface area contributed by atoms with Crippen LogP contribution in [0.5, 0.6) is 0 Å². The maximum atomic E-state index is 12.2. The summed E-state index contributed by atoms with van der Waals surface area (Å²) in [5, 5.41) is 10.5. The number of carbonyl (C=O) groups is 1. The first-order valence-corrected chi connectivity index (χ1v) is 7.11. The number of aliphatic hydroxyl groups is 1. The molecule has 1 heterocycles. The highest BCUT2D eigenvalue weighted by molar-refractivity contribution is 5.69. The maximum absolute atomic E-state index is 12.2. The predicted molar refractivity (Wildman–Crippen MR) is 77.4 cm³/mol. The lowest BCUT2D eigenvalue weighted by Gasteiger charge is -2.31. The van der Waals surface area contributed by atoms with Crippen LogP contribution in [0.1, 0.15) is 45.3 Å². The highest BCUT2D eigenvalue weighted by Crippen LogP contribution is 2.30. The molecule has 1 fully saturated rings. The fourth-order valence-electron chi connectivity index (χ4n) is 2.54. The van der Waals surface area contributed by atoms with Crippen molar-refractivity contribution in [1.82, 2.24) is 4.90 Å². The number of aliphatic hydroxyl groups excluding tert-OH is 1. The second kappa shape index (κ2) is 5.83. The number of hydrogen-bond donors (Lipinski definition) is 1. The summed E-state index contributed by atoms with van der Waals surface area (Å²) in [6, 6.07) is 9.27. The number of hydrogen-bond acceptors (Lipinski definition) is 3. The van der Waals surface area contributed by atoms with Gasteiger partial charge >= 0.3 is 6.09 Å². The van der Waals surface area contributed by atoms with Gasteiger partial charge in [0.1, 0.15) is 5.60 Å². The van der Waals surface area contributed by atoms with Gasteiger partial charge in [-0.15, -0.1) is 0 Å². The molecule has 1 aliphatic rings. The van der Waals surface area contributed by atoms with Gasteiger partial charge in [-0.2, -0.15) is 0 Å². The summed E-state index contributed by atoms with van der Waals surface area (Å²) in [7, 11) is 0. The second-order valence-electron chi connectivity index (χ2n) is 6.24. The Morgan fingerprint density at radius 1 is 1.35 bits per heavy atom. The molecule has 0 aliphatic carbocycles. The molecule has 0 spiro atoms. The molecule has 1 saturated heterocycles. The Labute approximate surface area is 120 Å². The third-order valence-corrected chi connectivity index (χ3v) is 3.43. The fourth-order valence-corrected chi connectivity index (χ4v) is 2.54. The van der Waals surface area contributed by atoms with Gasteiger partial charge in [0, 0.05) is 6.54 Å². The lowest BCUT2D eigenvalue weighted by atomic mass is 10.0. The lowest BCUT2D eigenvalue weighted by molar-refractivity contribution is 0.00490. The van der Waals surface area contributed by atoms with Crippen molar-refractivity contribution in [2.75, 3.05) is 6.54 Å². The maximum Gasteiger partial charge on any atom is 0.410 e. The Kier molecular flexibility index (Phi) is 4.33. The highest BCUT2D eigenvalue weighted by atomic mass is 16.6. The minimum Gasteiger partial charge on any atom is -0.444 e. The van der Waals surface area contributed by atoms with Gasteiger partial charge in [-0.1, -0.05) is 30.3 Å².